The van der Waals surface area contributed by atoms with Crippen molar-refractivity contribution in [3.05, 3.63) is 82.0 Å². The molecule has 0 aliphatic carbocycles. The number of aromatic hydroxyl groups is 2. The van der Waals surface area contributed by atoms with E-state index in [-0.39, 0.29) is 47.6 Å². The van der Waals surface area contributed by atoms with Gasteiger partial charge in [0.2, 0.25) is 0 Å². The van der Waals surface area contributed by atoms with Gasteiger partial charge in [-0.1, -0.05) is 48.1 Å². The van der Waals surface area contributed by atoms with Gasteiger partial charge < -0.3 is 25.0 Å². The second-order valence-electron chi connectivity index (χ2n) is 8.90. The van der Waals surface area contributed by atoms with Gasteiger partial charge in [0, 0.05) is 23.1 Å². The van der Waals surface area contributed by atoms with Crippen molar-refractivity contribution < 1.29 is 34.4 Å². The predicted molar refractivity (Wildman–Crippen MR) is 134 cm³/mol. The molecule has 1 atom stereocenters. The zero-order valence-electron chi connectivity index (χ0n) is 20.7. The standard InChI is InChI=1S/C28H31NO7/c1-17(8-7-9-18(2)27(33)34)12-13-20-24(30)15-21-22(25(20)31)16-29(26(21)32)23(28(35)36-3)14-19-10-5-4-6-11-19/h4-6,9-12,15,23,30-31H,7-8,13-14,16H2,1-3H3,(H,33,34)/b17-12+,18-9+/t23-/m0/s1. The lowest BCUT2D eigenvalue weighted by atomic mass is 9.99. The number of nitrogens with zero attached hydrogens (tertiary/aromatic N) is 1. The lowest BCUT2D eigenvalue weighted by molar-refractivity contribution is -0.146. The van der Waals surface area contributed by atoms with Crippen LogP contribution in [0.3, 0.4) is 0 Å². The molecule has 0 aromatic heterocycles. The van der Waals surface area contributed by atoms with Crippen LogP contribution in [0.15, 0.2) is 59.7 Å². The van der Waals surface area contributed by atoms with E-state index < -0.39 is 23.9 Å². The van der Waals surface area contributed by atoms with Gasteiger partial charge in [0.15, 0.2) is 0 Å². The van der Waals surface area contributed by atoms with Crippen molar-refractivity contribution in [1.29, 1.82) is 0 Å². The molecular weight excluding hydrogens is 462 g/mol. The zero-order chi connectivity index (χ0) is 26.4. The molecule has 3 N–H and O–H groups in total. The third-order valence-corrected chi connectivity index (χ3v) is 6.41. The Morgan fingerprint density at radius 1 is 1.14 bits per heavy atom. The summed E-state index contributed by atoms with van der Waals surface area (Å²) >= 11 is 0. The second-order valence-corrected chi connectivity index (χ2v) is 8.90. The van der Waals surface area contributed by atoms with E-state index in [1.54, 1.807) is 6.08 Å². The lowest BCUT2D eigenvalue weighted by Crippen LogP contribution is -2.43. The number of ether oxygens (including phenoxy) is 1. The third-order valence-electron chi connectivity index (χ3n) is 6.41. The number of carboxylic acids is 1. The predicted octanol–water partition coefficient (Wildman–Crippen LogP) is 4.14. The molecule has 0 saturated carbocycles. The fourth-order valence-corrected chi connectivity index (χ4v) is 4.22. The van der Waals surface area contributed by atoms with Crippen LogP contribution >= 0.6 is 0 Å². The molecular formula is C28H31NO7. The van der Waals surface area contributed by atoms with Gasteiger partial charge >= 0.3 is 11.9 Å². The van der Waals surface area contributed by atoms with Crippen LogP contribution in [0.2, 0.25) is 0 Å². The molecule has 1 aliphatic heterocycles. The first kappa shape index (κ1) is 26.5. The second kappa shape index (κ2) is 11.6. The summed E-state index contributed by atoms with van der Waals surface area (Å²) in [5.41, 5.74) is 2.92. The summed E-state index contributed by atoms with van der Waals surface area (Å²) in [4.78, 5) is 38.0. The average molecular weight is 494 g/mol. The molecule has 3 rings (SSSR count). The summed E-state index contributed by atoms with van der Waals surface area (Å²) in [6.45, 7) is 3.44. The Bertz CT molecular complexity index is 1210. The number of amides is 1. The summed E-state index contributed by atoms with van der Waals surface area (Å²) in [6.07, 6.45) is 5.18. The Kier molecular flexibility index (Phi) is 8.53. The SMILES string of the molecule is COC(=O)[C@H](Cc1ccccc1)N1Cc2c(cc(O)c(C/C=C(\C)CC/C=C(\C)C(=O)O)c2O)C1=O. The topological polar surface area (TPSA) is 124 Å². The van der Waals surface area contributed by atoms with E-state index in [2.05, 4.69) is 0 Å². The number of carboxylic acid groups (broad SMARTS) is 1. The minimum atomic E-state index is -0.952. The Morgan fingerprint density at radius 3 is 2.47 bits per heavy atom. The third kappa shape index (κ3) is 5.94. The maximum atomic E-state index is 13.2. The average Bonchev–Trinajstić information content (AvgIpc) is 3.18. The van der Waals surface area contributed by atoms with Crippen molar-refractivity contribution in [2.75, 3.05) is 7.11 Å². The summed E-state index contributed by atoms with van der Waals surface area (Å²) in [6, 6.07) is 9.73. The Morgan fingerprint density at radius 2 is 1.83 bits per heavy atom. The number of carbonyl (C=O) groups excluding carboxylic acids is 2. The Labute approximate surface area is 210 Å². The Balaban J connectivity index is 1.81. The number of phenols is 2. The van der Waals surface area contributed by atoms with Gasteiger partial charge in [-0.25, -0.2) is 9.59 Å². The normalized spacial score (nSPS) is 14.5. The number of esters is 1. The lowest BCUT2D eigenvalue weighted by Gasteiger charge is -2.25. The van der Waals surface area contributed by atoms with Crippen LogP contribution < -0.4 is 0 Å². The molecule has 0 radical (unpaired) electrons. The number of aliphatic carboxylic acids is 1. The van der Waals surface area contributed by atoms with Crippen molar-refractivity contribution in [3.8, 4) is 11.5 Å². The summed E-state index contributed by atoms with van der Waals surface area (Å²) < 4.78 is 4.96. The molecule has 1 heterocycles. The molecule has 8 heteroatoms. The van der Waals surface area contributed by atoms with Gasteiger partial charge in [-0.15, -0.1) is 0 Å². The molecule has 1 aliphatic rings. The number of methoxy groups -OCH3 is 1. The number of carbonyl (C=O) groups is 3. The molecule has 2 aromatic carbocycles. The van der Waals surface area contributed by atoms with E-state index in [4.69, 9.17) is 9.84 Å². The van der Waals surface area contributed by atoms with Crippen LogP contribution in [-0.2, 0) is 33.7 Å². The van der Waals surface area contributed by atoms with Gasteiger partial charge in [0.05, 0.1) is 19.2 Å². The Hall–Kier alpha value is -4.07. The quantitative estimate of drug-likeness (QED) is 0.258. The van der Waals surface area contributed by atoms with Crippen LogP contribution in [0.5, 0.6) is 11.5 Å². The van der Waals surface area contributed by atoms with Gasteiger partial charge in [0.1, 0.15) is 17.5 Å². The highest BCUT2D eigenvalue weighted by Crippen LogP contribution is 2.40. The largest absolute Gasteiger partial charge is 0.507 e. The molecule has 0 bridgehead atoms. The van der Waals surface area contributed by atoms with Crippen LogP contribution in [-0.4, -0.2) is 51.2 Å². The van der Waals surface area contributed by atoms with Crippen LogP contribution in [0.25, 0.3) is 0 Å². The minimum absolute atomic E-state index is 0.0157. The number of phenolic OH excluding ortho intramolecular Hbond substituents is 2. The maximum Gasteiger partial charge on any atom is 0.330 e. The number of hydrogen-bond acceptors (Lipinski definition) is 6. The monoisotopic (exact) mass is 493 g/mol. The van der Waals surface area contributed by atoms with Crippen molar-refractivity contribution >= 4 is 17.8 Å². The van der Waals surface area contributed by atoms with Crippen LogP contribution in [0.1, 0.15) is 53.7 Å². The molecule has 1 amide bonds. The highest BCUT2D eigenvalue weighted by Gasteiger charge is 2.39. The van der Waals surface area contributed by atoms with Crippen LogP contribution in [0, 0.1) is 0 Å². The summed E-state index contributed by atoms with van der Waals surface area (Å²) in [5.74, 6) is -2.35. The van der Waals surface area contributed by atoms with Gasteiger partial charge in [-0.2, -0.15) is 0 Å². The molecule has 190 valence electrons. The van der Waals surface area contributed by atoms with Crippen molar-refractivity contribution in [1.82, 2.24) is 4.90 Å². The first-order chi connectivity index (χ1) is 17.1. The van der Waals surface area contributed by atoms with E-state index in [0.717, 1.165) is 11.1 Å². The van der Waals surface area contributed by atoms with Crippen molar-refractivity contribution in [2.24, 2.45) is 0 Å². The molecule has 0 spiro atoms. The minimum Gasteiger partial charge on any atom is -0.507 e. The highest BCUT2D eigenvalue weighted by molar-refractivity contribution is 6.02. The van der Waals surface area contributed by atoms with Crippen LogP contribution in [0.4, 0.5) is 0 Å². The molecule has 2 aromatic rings. The fourth-order valence-electron chi connectivity index (χ4n) is 4.22. The van der Waals surface area contributed by atoms with E-state index in [9.17, 15) is 24.6 Å². The van der Waals surface area contributed by atoms with Gasteiger partial charge in [0.25, 0.3) is 5.91 Å². The zero-order valence-corrected chi connectivity index (χ0v) is 20.7. The summed E-state index contributed by atoms with van der Waals surface area (Å²) in [7, 11) is 1.27. The van der Waals surface area contributed by atoms with E-state index in [0.29, 0.717) is 18.4 Å². The van der Waals surface area contributed by atoms with Crippen molar-refractivity contribution in [3.63, 3.8) is 0 Å². The molecule has 0 unspecified atom stereocenters. The number of benzene rings is 2. The van der Waals surface area contributed by atoms with Gasteiger partial charge in [-0.05, 0) is 44.7 Å². The first-order valence-electron chi connectivity index (χ1n) is 11.7. The molecule has 36 heavy (non-hydrogen) atoms. The molecule has 8 nitrogen and oxygen atoms in total. The number of allylic oxidation sites excluding steroid dienone is 3. The van der Waals surface area contributed by atoms with E-state index >= 15 is 0 Å². The van der Waals surface area contributed by atoms with E-state index in [1.807, 2.05) is 43.3 Å². The fraction of sp³-hybridized carbons (Fsp3) is 0.321. The smallest absolute Gasteiger partial charge is 0.330 e. The van der Waals surface area contributed by atoms with E-state index in [1.165, 1.54) is 25.0 Å². The number of fused-ring (bicyclic) bond motifs is 1. The maximum absolute atomic E-state index is 13.2. The van der Waals surface area contributed by atoms with Crippen molar-refractivity contribution in [2.45, 2.75) is 52.1 Å². The number of rotatable bonds is 10. The summed E-state index contributed by atoms with van der Waals surface area (Å²) in [5, 5.41) is 30.5. The van der Waals surface area contributed by atoms with Gasteiger partial charge in [-0.3, -0.25) is 4.79 Å². The molecule has 0 saturated heterocycles. The highest BCUT2D eigenvalue weighted by atomic mass is 16.5. The number of hydrogen-bond donors (Lipinski definition) is 3. The first-order valence-corrected chi connectivity index (χ1v) is 11.7. The molecule has 0 fully saturated rings.